The number of carbonyl (C=O) groups excluding carboxylic acids is 2. The van der Waals surface area contributed by atoms with Crippen molar-refractivity contribution in [3.63, 3.8) is 0 Å². The molecule has 0 aromatic carbocycles. The van der Waals surface area contributed by atoms with E-state index in [4.69, 9.17) is 19.9 Å². The molecule has 3 aliphatic heterocycles. The predicted octanol–water partition coefficient (Wildman–Crippen LogP) is -2.36. The monoisotopic (exact) mass is 340 g/mol. The SMILES string of the molecule is C=C1NC=C(C2OC3C(NC(N)=O)C(OC)COC3C2O)C(=O)N1. The lowest BCUT2D eigenvalue weighted by Crippen LogP contribution is -2.62. The first kappa shape index (κ1) is 16.7. The largest absolute Gasteiger partial charge is 0.387 e. The summed E-state index contributed by atoms with van der Waals surface area (Å²) >= 11 is 0. The summed E-state index contributed by atoms with van der Waals surface area (Å²) in [4.78, 5) is 23.4. The molecule has 0 bridgehead atoms. The van der Waals surface area contributed by atoms with Gasteiger partial charge in [0.05, 0.1) is 18.2 Å². The molecule has 24 heavy (non-hydrogen) atoms. The Morgan fingerprint density at radius 2 is 2.29 bits per heavy atom. The molecule has 0 aromatic rings. The summed E-state index contributed by atoms with van der Waals surface area (Å²) in [6.45, 7) is 3.74. The first-order chi connectivity index (χ1) is 11.4. The van der Waals surface area contributed by atoms with E-state index in [1.54, 1.807) is 0 Å². The molecular weight excluding hydrogens is 320 g/mol. The average Bonchev–Trinajstić information content (AvgIpc) is 2.85. The second kappa shape index (κ2) is 6.40. The van der Waals surface area contributed by atoms with Crippen LogP contribution in [0.15, 0.2) is 24.2 Å². The van der Waals surface area contributed by atoms with Crippen molar-refractivity contribution < 1.29 is 28.9 Å². The van der Waals surface area contributed by atoms with Crippen LogP contribution in [0.5, 0.6) is 0 Å². The Morgan fingerprint density at radius 1 is 1.54 bits per heavy atom. The number of aliphatic hydroxyl groups is 1. The maximum atomic E-state index is 12.1. The molecule has 0 radical (unpaired) electrons. The molecular formula is C14H20N4O6. The van der Waals surface area contributed by atoms with Crippen molar-refractivity contribution in [3.8, 4) is 0 Å². The highest BCUT2D eigenvalue weighted by Crippen LogP contribution is 2.35. The maximum absolute atomic E-state index is 12.1. The minimum Gasteiger partial charge on any atom is -0.387 e. The van der Waals surface area contributed by atoms with Crippen LogP contribution >= 0.6 is 0 Å². The zero-order valence-electron chi connectivity index (χ0n) is 13.0. The predicted molar refractivity (Wildman–Crippen MR) is 80.2 cm³/mol. The highest BCUT2D eigenvalue weighted by atomic mass is 16.6. The van der Waals surface area contributed by atoms with Gasteiger partial charge in [0.25, 0.3) is 5.91 Å². The molecule has 0 aromatic heterocycles. The Labute approximate surface area is 138 Å². The Morgan fingerprint density at radius 3 is 2.92 bits per heavy atom. The van der Waals surface area contributed by atoms with Crippen LogP contribution in [0.25, 0.3) is 0 Å². The summed E-state index contributed by atoms with van der Waals surface area (Å²) in [6, 6.07) is -1.35. The van der Waals surface area contributed by atoms with Gasteiger partial charge in [0, 0.05) is 13.3 Å². The lowest BCUT2D eigenvalue weighted by Gasteiger charge is -2.38. The molecule has 3 aliphatic rings. The number of nitrogens with two attached hydrogens (primary N) is 1. The summed E-state index contributed by atoms with van der Waals surface area (Å²) in [6.07, 6.45) is -2.51. The van der Waals surface area contributed by atoms with Gasteiger partial charge in [-0.25, -0.2) is 4.79 Å². The van der Waals surface area contributed by atoms with E-state index in [0.29, 0.717) is 5.82 Å². The van der Waals surface area contributed by atoms with Gasteiger partial charge in [0.2, 0.25) is 0 Å². The van der Waals surface area contributed by atoms with Crippen LogP contribution in [0.2, 0.25) is 0 Å². The van der Waals surface area contributed by atoms with E-state index in [1.165, 1.54) is 13.3 Å². The van der Waals surface area contributed by atoms with Gasteiger partial charge >= 0.3 is 6.03 Å². The number of fused-ring (bicyclic) bond motifs is 1. The van der Waals surface area contributed by atoms with E-state index < -0.39 is 48.5 Å². The van der Waals surface area contributed by atoms with E-state index in [0.717, 1.165) is 0 Å². The first-order valence-corrected chi connectivity index (χ1v) is 7.43. The molecule has 132 valence electrons. The molecule has 10 nitrogen and oxygen atoms in total. The van der Waals surface area contributed by atoms with Crippen LogP contribution in [0.1, 0.15) is 0 Å². The second-order valence-electron chi connectivity index (χ2n) is 5.80. The molecule has 2 saturated heterocycles. The molecule has 0 spiro atoms. The van der Waals surface area contributed by atoms with Gasteiger partial charge in [0.15, 0.2) is 0 Å². The number of carbonyl (C=O) groups is 2. The zero-order chi connectivity index (χ0) is 17.4. The number of nitrogens with one attached hydrogen (secondary N) is 3. The number of rotatable bonds is 3. The number of ether oxygens (including phenoxy) is 3. The highest BCUT2D eigenvalue weighted by Gasteiger charge is 2.55. The Balaban J connectivity index is 1.84. The molecule has 2 fully saturated rings. The van der Waals surface area contributed by atoms with Crippen LogP contribution in [0, 0.1) is 0 Å². The molecule has 3 rings (SSSR count). The van der Waals surface area contributed by atoms with Crippen LogP contribution in [0.3, 0.4) is 0 Å². The zero-order valence-corrected chi connectivity index (χ0v) is 13.0. The quantitative estimate of drug-likeness (QED) is 0.386. The number of methoxy groups -OCH3 is 1. The molecule has 3 heterocycles. The normalized spacial score (nSPS) is 38.7. The van der Waals surface area contributed by atoms with Crippen molar-refractivity contribution in [2.45, 2.75) is 36.6 Å². The van der Waals surface area contributed by atoms with Gasteiger partial charge in [-0.1, -0.05) is 6.58 Å². The Hall–Kier alpha value is -2.14. The highest BCUT2D eigenvalue weighted by molar-refractivity contribution is 5.96. The van der Waals surface area contributed by atoms with Crippen molar-refractivity contribution in [1.82, 2.24) is 16.0 Å². The minimum absolute atomic E-state index is 0.149. The first-order valence-electron chi connectivity index (χ1n) is 7.43. The third kappa shape index (κ3) is 2.84. The number of aliphatic hydroxyl groups excluding tert-OH is 1. The van der Waals surface area contributed by atoms with Crippen LogP contribution < -0.4 is 21.7 Å². The molecule has 0 saturated carbocycles. The minimum atomic E-state index is -1.09. The van der Waals surface area contributed by atoms with Crippen molar-refractivity contribution in [2.24, 2.45) is 5.73 Å². The van der Waals surface area contributed by atoms with E-state index in [9.17, 15) is 14.7 Å². The molecule has 6 unspecified atom stereocenters. The van der Waals surface area contributed by atoms with E-state index in [1.807, 2.05) is 0 Å². The summed E-state index contributed by atoms with van der Waals surface area (Å²) in [7, 11) is 1.47. The molecule has 6 atom stereocenters. The number of primary amides is 1. The number of hydrogen-bond acceptors (Lipinski definition) is 7. The van der Waals surface area contributed by atoms with E-state index >= 15 is 0 Å². The molecule has 0 aliphatic carbocycles. The average molecular weight is 340 g/mol. The summed E-state index contributed by atoms with van der Waals surface area (Å²) in [5.74, 6) is -0.0956. The third-order valence-electron chi connectivity index (χ3n) is 4.33. The fourth-order valence-electron chi connectivity index (χ4n) is 3.20. The fourth-order valence-corrected chi connectivity index (χ4v) is 3.20. The van der Waals surface area contributed by atoms with Crippen LogP contribution in [-0.2, 0) is 19.0 Å². The smallest absolute Gasteiger partial charge is 0.312 e. The van der Waals surface area contributed by atoms with Crippen molar-refractivity contribution >= 4 is 11.9 Å². The molecule has 10 heteroatoms. The number of amides is 3. The summed E-state index contributed by atoms with van der Waals surface area (Å²) in [5.41, 5.74) is 5.42. The summed E-state index contributed by atoms with van der Waals surface area (Å²) in [5, 5.41) is 18.4. The van der Waals surface area contributed by atoms with Crippen LogP contribution in [-0.4, -0.2) is 67.3 Å². The van der Waals surface area contributed by atoms with Crippen molar-refractivity contribution in [3.05, 3.63) is 24.2 Å². The number of hydrogen-bond donors (Lipinski definition) is 5. The third-order valence-corrected chi connectivity index (χ3v) is 4.33. The van der Waals surface area contributed by atoms with Crippen LogP contribution in [0.4, 0.5) is 4.79 Å². The van der Waals surface area contributed by atoms with Gasteiger partial charge in [-0.3, -0.25) is 4.79 Å². The Bertz CT molecular complexity index is 594. The maximum Gasteiger partial charge on any atom is 0.312 e. The van der Waals surface area contributed by atoms with Gasteiger partial charge in [-0.2, -0.15) is 0 Å². The Kier molecular flexibility index (Phi) is 4.45. The fraction of sp³-hybridized carbons (Fsp3) is 0.571. The van der Waals surface area contributed by atoms with Crippen molar-refractivity contribution in [2.75, 3.05) is 13.7 Å². The molecule has 6 N–H and O–H groups in total. The number of urea groups is 1. The lowest BCUT2D eigenvalue weighted by molar-refractivity contribution is -0.143. The summed E-state index contributed by atoms with van der Waals surface area (Å²) < 4.78 is 16.8. The lowest BCUT2D eigenvalue weighted by atomic mass is 9.93. The topological polar surface area (TPSA) is 144 Å². The van der Waals surface area contributed by atoms with E-state index in [2.05, 4.69) is 22.5 Å². The van der Waals surface area contributed by atoms with Gasteiger partial charge in [-0.05, 0) is 0 Å². The van der Waals surface area contributed by atoms with E-state index in [-0.39, 0.29) is 12.2 Å². The standard InChI is InChI=1S/C14H20N4O6/c1-5-16-3-6(13(20)17-5)10-9(19)12-11(24-10)8(18-14(15)21)7(22-2)4-23-12/h3,7-12,16,19H,1,4H2,2H3,(H,17,20)(H3,15,18,21). The van der Waals surface area contributed by atoms with Gasteiger partial charge in [0.1, 0.15) is 36.3 Å². The van der Waals surface area contributed by atoms with Gasteiger partial charge in [-0.15, -0.1) is 0 Å². The molecule has 3 amide bonds. The van der Waals surface area contributed by atoms with Crippen molar-refractivity contribution in [1.29, 1.82) is 0 Å². The van der Waals surface area contributed by atoms with Gasteiger partial charge < -0.3 is 41.0 Å². The second-order valence-corrected chi connectivity index (χ2v) is 5.80.